The first-order valence-electron chi connectivity index (χ1n) is 8.68. The smallest absolute Gasteiger partial charge is 0.303 e. The predicted molar refractivity (Wildman–Crippen MR) is 99.0 cm³/mol. The molecule has 0 radical (unpaired) electrons. The molecule has 1 N–H and O–H groups in total. The van der Waals surface area contributed by atoms with E-state index in [1.807, 2.05) is 6.92 Å². The lowest BCUT2D eigenvalue weighted by Gasteiger charge is -2.43. The summed E-state index contributed by atoms with van der Waals surface area (Å²) in [5.74, 6) is -0.467. The normalized spacial score (nSPS) is 22.8. The van der Waals surface area contributed by atoms with E-state index in [1.54, 1.807) is 0 Å². The highest BCUT2D eigenvalue weighted by atomic mass is 16.4. The van der Waals surface area contributed by atoms with Gasteiger partial charge in [-0.3, -0.25) is 9.69 Å². The summed E-state index contributed by atoms with van der Waals surface area (Å²) in [5.41, 5.74) is 4.57. The van der Waals surface area contributed by atoms with Gasteiger partial charge in [-0.15, -0.1) is 0 Å². The van der Waals surface area contributed by atoms with Gasteiger partial charge in [0.15, 0.2) is 0 Å². The molecule has 1 saturated heterocycles. The number of carboxylic acids is 1. The maximum Gasteiger partial charge on any atom is 0.303 e. The average molecular weight is 327 g/mol. The largest absolute Gasteiger partial charge is 0.481 e. The van der Waals surface area contributed by atoms with Gasteiger partial charge < -0.3 is 5.11 Å². The van der Waals surface area contributed by atoms with E-state index in [4.69, 9.17) is 5.11 Å². The zero-order valence-corrected chi connectivity index (χ0v) is 15.1. The fraction of sp³-hybridized carbons (Fsp3) is 0.476. The van der Waals surface area contributed by atoms with E-state index in [9.17, 15) is 4.79 Å². The zero-order valence-electron chi connectivity index (χ0n) is 15.1. The van der Waals surface area contributed by atoms with Crippen LogP contribution in [-0.2, 0) is 4.79 Å². The minimum atomic E-state index is -0.699. The molecular formula is C21H29NO2. The van der Waals surface area contributed by atoms with Gasteiger partial charge >= 0.3 is 5.97 Å². The second-order valence-corrected chi connectivity index (χ2v) is 7.13. The number of carbonyl (C=O) groups is 1. The number of piperidine rings is 1. The van der Waals surface area contributed by atoms with Crippen LogP contribution in [0, 0.1) is 12.8 Å². The first kappa shape index (κ1) is 18.5. The zero-order chi connectivity index (χ0) is 17.9. The molecule has 1 aromatic carbocycles. The molecule has 3 nitrogen and oxygen atoms in total. The van der Waals surface area contributed by atoms with Crippen LogP contribution in [0.1, 0.15) is 50.3 Å². The van der Waals surface area contributed by atoms with Gasteiger partial charge in [-0.1, -0.05) is 48.6 Å². The number of hydrogen-bond donors (Lipinski definition) is 1. The van der Waals surface area contributed by atoms with E-state index in [-0.39, 0.29) is 24.4 Å². The molecule has 0 amide bonds. The summed E-state index contributed by atoms with van der Waals surface area (Å²) in [7, 11) is 0. The Bertz CT molecular complexity index is 617. The Kier molecular flexibility index (Phi) is 6.00. The maximum atomic E-state index is 11.1. The van der Waals surface area contributed by atoms with Crippen LogP contribution in [-0.4, -0.2) is 28.6 Å². The van der Waals surface area contributed by atoms with Crippen LogP contribution in [0.25, 0.3) is 0 Å². The van der Waals surface area contributed by atoms with Crippen molar-refractivity contribution in [3.63, 3.8) is 0 Å². The topological polar surface area (TPSA) is 40.5 Å². The third-order valence-corrected chi connectivity index (χ3v) is 5.23. The third-order valence-electron chi connectivity index (χ3n) is 5.23. The van der Waals surface area contributed by atoms with Crippen LogP contribution < -0.4 is 0 Å². The fourth-order valence-corrected chi connectivity index (χ4v) is 3.63. The van der Waals surface area contributed by atoms with Gasteiger partial charge in [0.25, 0.3) is 0 Å². The molecule has 0 saturated carbocycles. The SMILES string of the molecule is C=C(C)C(=C)[C@H](C)N1CC[C@@H](CC(=O)O)C[C@H]1c1ccc(C)cc1. The molecule has 1 aromatic rings. The van der Waals surface area contributed by atoms with Crippen molar-refractivity contribution in [2.75, 3.05) is 6.54 Å². The molecule has 3 atom stereocenters. The van der Waals surface area contributed by atoms with Gasteiger partial charge in [0, 0.05) is 18.5 Å². The molecular weight excluding hydrogens is 298 g/mol. The van der Waals surface area contributed by atoms with Crippen molar-refractivity contribution in [2.24, 2.45) is 5.92 Å². The van der Waals surface area contributed by atoms with E-state index in [0.717, 1.165) is 30.5 Å². The lowest BCUT2D eigenvalue weighted by Crippen LogP contribution is -2.43. The highest BCUT2D eigenvalue weighted by Crippen LogP contribution is 2.38. The molecule has 0 aliphatic carbocycles. The Morgan fingerprint density at radius 2 is 1.96 bits per heavy atom. The molecule has 1 fully saturated rings. The first-order valence-corrected chi connectivity index (χ1v) is 8.68. The third kappa shape index (κ3) is 4.35. The van der Waals surface area contributed by atoms with E-state index in [2.05, 4.69) is 56.2 Å². The van der Waals surface area contributed by atoms with Crippen LogP contribution in [0.3, 0.4) is 0 Å². The standard InChI is InChI=1S/C21H29NO2/c1-14(2)16(4)17(5)22-11-10-18(13-21(23)24)12-20(22)19-8-6-15(3)7-9-19/h6-9,17-18,20H,1,4,10-13H2,2-3,5H3,(H,23,24)/t17-,18+,20-/m0/s1. The van der Waals surface area contributed by atoms with Crippen molar-refractivity contribution in [1.82, 2.24) is 4.90 Å². The summed E-state index contributed by atoms with van der Waals surface area (Å²) in [6.45, 7) is 15.4. The van der Waals surface area contributed by atoms with Crippen molar-refractivity contribution in [3.8, 4) is 0 Å². The van der Waals surface area contributed by atoms with Crippen LogP contribution >= 0.6 is 0 Å². The predicted octanol–water partition coefficient (Wildman–Crippen LogP) is 4.74. The number of likely N-dealkylation sites (tertiary alicyclic amines) is 1. The molecule has 0 spiro atoms. The second kappa shape index (κ2) is 7.80. The molecule has 3 heteroatoms. The van der Waals surface area contributed by atoms with Crippen molar-refractivity contribution < 1.29 is 9.90 Å². The number of carboxylic acid groups (broad SMARTS) is 1. The van der Waals surface area contributed by atoms with Crippen LogP contribution in [0.4, 0.5) is 0 Å². The van der Waals surface area contributed by atoms with Crippen molar-refractivity contribution in [2.45, 2.75) is 52.1 Å². The van der Waals surface area contributed by atoms with E-state index in [0.29, 0.717) is 0 Å². The van der Waals surface area contributed by atoms with Crippen LogP contribution in [0.2, 0.25) is 0 Å². The Labute approximate surface area is 145 Å². The summed E-state index contributed by atoms with van der Waals surface area (Å²) in [4.78, 5) is 13.6. The lowest BCUT2D eigenvalue weighted by atomic mass is 9.83. The van der Waals surface area contributed by atoms with Crippen molar-refractivity contribution in [1.29, 1.82) is 0 Å². The molecule has 1 aliphatic rings. The molecule has 1 heterocycles. The Morgan fingerprint density at radius 1 is 1.33 bits per heavy atom. The highest BCUT2D eigenvalue weighted by molar-refractivity contribution is 5.67. The van der Waals surface area contributed by atoms with E-state index < -0.39 is 5.97 Å². The van der Waals surface area contributed by atoms with Gasteiger partial charge in [0.2, 0.25) is 0 Å². The van der Waals surface area contributed by atoms with Gasteiger partial charge in [-0.05, 0) is 57.2 Å². The van der Waals surface area contributed by atoms with E-state index in [1.165, 1.54) is 11.1 Å². The lowest BCUT2D eigenvalue weighted by molar-refractivity contribution is -0.138. The number of aliphatic carboxylic acids is 1. The molecule has 0 unspecified atom stereocenters. The van der Waals surface area contributed by atoms with Crippen LogP contribution in [0.15, 0.2) is 48.6 Å². The number of hydrogen-bond acceptors (Lipinski definition) is 2. The number of rotatable bonds is 6. The van der Waals surface area contributed by atoms with Gasteiger partial charge in [0.1, 0.15) is 0 Å². The van der Waals surface area contributed by atoms with Gasteiger partial charge in [-0.25, -0.2) is 0 Å². The van der Waals surface area contributed by atoms with Crippen molar-refractivity contribution >= 4 is 5.97 Å². The fourth-order valence-electron chi connectivity index (χ4n) is 3.63. The molecule has 0 bridgehead atoms. The molecule has 1 aliphatic heterocycles. The minimum Gasteiger partial charge on any atom is -0.481 e. The van der Waals surface area contributed by atoms with Gasteiger partial charge in [-0.2, -0.15) is 0 Å². The second-order valence-electron chi connectivity index (χ2n) is 7.13. The molecule has 130 valence electrons. The van der Waals surface area contributed by atoms with Crippen LogP contribution in [0.5, 0.6) is 0 Å². The molecule has 24 heavy (non-hydrogen) atoms. The Morgan fingerprint density at radius 3 is 2.50 bits per heavy atom. The number of nitrogens with zero attached hydrogens (tertiary/aromatic N) is 1. The Balaban J connectivity index is 2.27. The Hall–Kier alpha value is -1.87. The summed E-state index contributed by atoms with van der Waals surface area (Å²) in [6, 6.07) is 9.05. The summed E-state index contributed by atoms with van der Waals surface area (Å²) in [6.07, 6.45) is 2.05. The summed E-state index contributed by atoms with van der Waals surface area (Å²) >= 11 is 0. The quantitative estimate of drug-likeness (QED) is 0.767. The summed E-state index contributed by atoms with van der Waals surface area (Å²) < 4.78 is 0. The maximum absolute atomic E-state index is 11.1. The van der Waals surface area contributed by atoms with E-state index >= 15 is 0 Å². The summed E-state index contributed by atoms with van der Waals surface area (Å²) in [5, 5.41) is 9.16. The minimum absolute atomic E-state index is 0.208. The van der Waals surface area contributed by atoms with Gasteiger partial charge in [0.05, 0.1) is 0 Å². The average Bonchev–Trinajstić information content (AvgIpc) is 2.53. The molecule has 2 rings (SSSR count). The number of aryl methyl sites for hydroxylation is 1. The number of benzene rings is 1. The highest BCUT2D eigenvalue weighted by Gasteiger charge is 2.34. The molecule has 0 aromatic heterocycles. The monoisotopic (exact) mass is 327 g/mol. The first-order chi connectivity index (χ1) is 11.3. The van der Waals surface area contributed by atoms with Crippen molar-refractivity contribution in [3.05, 3.63) is 59.7 Å².